The van der Waals surface area contributed by atoms with E-state index in [-0.39, 0.29) is 18.0 Å². The topological polar surface area (TPSA) is 71.2 Å². The first-order chi connectivity index (χ1) is 13.4. The highest BCUT2D eigenvalue weighted by molar-refractivity contribution is 6.31. The van der Waals surface area contributed by atoms with Crippen molar-refractivity contribution in [2.75, 3.05) is 0 Å². The molecule has 0 aliphatic rings. The first-order valence-electron chi connectivity index (χ1n) is 8.88. The van der Waals surface area contributed by atoms with Gasteiger partial charge in [-0.3, -0.25) is 9.59 Å². The normalized spacial score (nSPS) is 10.5. The van der Waals surface area contributed by atoms with Crippen LogP contribution in [0.5, 0.6) is 5.75 Å². The molecule has 0 bridgehead atoms. The number of carbonyl (C=O) groups excluding carboxylic acids is 1. The van der Waals surface area contributed by atoms with E-state index in [1.54, 1.807) is 18.2 Å². The molecule has 0 unspecified atom stereocenters. The first-order valence-corrected chi connectivity index (χ1v) is 9.25. The van der Waals surface area contributed by atoms with Gasteiger partial charge in [-0.05, 0) is 49.7 Å². The zero-order valence-corrected chi connectivity index (χ0v) is 16.5. The highest BCUT2D eigenvalue weighted by Gasteiger charge is 2.11. The molecule has 1 aromatic heterocycles. The van der Waals surface area contributed by atoms with Crippen molar-refractivity contribution in [2.24, 2.45) is 0 Å². The monoisotopic (exact) mass is 396 g/mol. The van der Waals surface area contributed by atoms with Crippen molar-refractivity contribution in [3.8, 4) is 5.75 Å². The molecular formula is C22H21ClN2O3. The van der Waals surface area contributed by atoms with Crippen LogP contribution in [-0.4, -0.2) is 10.9 Å². The van der Waals surface area contributed by atoms with Crippen molar-refractivity contribution in [3.05, 3.63) is 97.9 Å². The second-order valence-electron chi connectivity index (χ2n) is 6.53. The van der Waals surface area contributed by atoms with Crippen molar-refractivity contribution < 1.29 is 9.53 Å². The maximum absolute atomic E-state index is 12.4. The molecule has 0 aliphatic carbocycles. The number of halogens is 1. The van der Waals surface area contributed by atoms with E-state index < -0.39 is 0 Å². The number of aryl methyl sites for hydroxylation is 2. The van der Waals surface area contributed by atoms with Crippen molar-refractivity contribution in [2.45, 2.75) is 27.0 Å². The quantitative estimate of drug-likeness (QED) is 0.657. The lowest BCUT2D eigenvalue weighted by atomic mass is 10.1. The fourth-order valence-electron chi connectivity index (χ4n) is 2.86. The van der Waals surface area contributed by atoms with Crippen LogP contribution in [0.4, 0.5) is 0 Å². The van der Waals surface area contributed by atoms with Crippen LogP contribution in [0.2, 0.25) is 5.02 Å². The van der Waals surface area contributed by atoms with E-state index in [9.17, 15) is 9.59 Å². The molecule has 2 N–H and O–H groups in total. The van der Waals surface area contributed by atoms with Gasteiger partial charge in [0.05, 0.1) is 0 Å². The van der Waals surface area contributed by atoms with E-state index in [4.69, 9.17) is 16.3 Å². The average molecular weight is 397 g/mol. The Bertz CT molecular complexity index is 1050. The minimum absolute atomic E-state index is 0.150. The number of pyridine rings is 1. The summed E-state index contributed by atoms with van der Waals surface area (Å²) < 4.78 is 5.69. The largest absolute Gasteiger partial charge is 0.489 e. The van der Waals surface area contributed by atoms with Gasteiger partial charge < -0.3 is 15.0 Å². The van der Waals surface area contributed by atoms with Crippen LogP contribution in [0.25, 0.3) is 0 Å². The molecule has 0 spiro atoms. The fraction of sp³-hybridized carbons (Fsp3) is 0.182. The predicted octanol–water partition coefficient (Wildman–Crippen LogP) is 4.15. The molecule has 0 atom stereocenters. The summed E-state index contributed by atoms with van der Waals surface area (Å²) in [5.41, 5.74) is 3.19. The Hall–Kier alpha value is -3.05. The molecule has 3 aromatic rings. The lowest BCUT2D eigenvalue weighted by Crippen LogP contribution is -2.28. The van der Waals surface area contributed by atoms with E-state index in [0.29, 0.717) is 22.8 Å². The number of aromatic nitrogens is 1. The van der Waals surface area contributed by atoms with Crippen LogP contribution in [0.1, 0.15) is 32.7 Å². The molecule has 0 saturated heterocycles. The van der Waals surface area contributed by atoms with Gasteiger partial charge >= 0.3 is 0 Å². The minimum Gasteiger partial charge on any atom is -0.489 e. The molecule has 1 heterocycles. The number of carbonyl (C=O) groups is 1. The standard InChI is InChI=1S/C22H21ClN2O3/c1-14-10-15(2)25-22(27)19(14)12-24-21(26)16-8-9-17(20(23)11-16)13-28-18-6-4-3-5-7-18/h3-11H,12-13H2,1-2H3,(H,24,26)(H,25,27). The van der Waals surface area contributed by atoms with Crippen LogP contribution in [0.3, 0.4) is 0 Å². The lowest BCUT2D eigenvalue weighted by molar-refractivity contribution is 0.0950. The molecule has 6 heteroatoms. The molecule has 0 radical (unpaired) electrons. The van der Waals surface area contributed by atoms with E-state index >= 15 is 0 Å². The summed E-state index contributed by atoms with van der Waals surface area (Å²) in [7, 11) is 0. The van der Waals surface area contributed by atoms with Crippen molar-refractivity contribution in [3.63, 3.8) is 0 Å². The Morgan fingerprint density at radius 3 is 2.54 bits per heavy atom. The van der Waals surface area contributed by atoms with Gasteiger partial charge in [0, 0.05) is 34.0 Å². The second-order valence-corrected chi connectivity index (χ2v) is 6.94. The highest BCUT2D eigenvalue weighted by atomic mass is 35.5. The molecule has 0 fully saturated rings. The molecular weight excluding hydrogens is 376 g/mol. The highest BCUT2D eigenvalue weighted by Crippen LogP contribution is 2.20. The number of para-hydroxylation sites is 1. The number of nitrogens with one attached hydrogen (secondary N) is 2. The number of benzene rings is 2. The number of hydrogen-bond donors (Lipinski definition) is 2. The van der Waals surface area contributed by atoms with Gasteiger partial charge in [0.1, 0.15) is 12.4 Å². The predicted molar refractivity (Wildman–Crippen MR) is 110 cm³/mol. The van der Waals surface area contributed by atoms with E-state index in [0.717, 1.165) is 22.6 Å². The summed E-state index contributed by atoms with van der Waals surface area (Å²) >= 11 is 6.31. The third-order valence-electron chi connectivity index (χ3n) is 4.37. The molecule has 5 nitrogen and oxygen atoms in total. The Morgan fingerprint density at radius 1 is 1.11 bits per heavy atom. The SMILES string of the molecule is Cc1cc(C)c(CNC(=O)c2ccc(COc3ccccc3)c(Cl)c2)c(=O)[nH]1. The number of H-pyrrole nitrogens is 1. The molecule has 144 valence electrons. The van der Waals surface area contributed by atoms with Crippen LogP contribution >= 0.6 is 11.6 Å². The zero-order chi connectivity index (χ0) is 20.1. The van der Waals surface area contributed by atoms with Gasteiger partial charge in [-0.15, -0.1) is 0 Å². The smallest absolute Gasteiger partial charge is 0.253 e. The van der Waals surface area contributed by atoms with E-state index in [1.807, 2.05) is 50.2 Å². The molecule has 28 heavy (non-hydrogen) atoms. The van der Waals surface area contributed by atoms with Gasteiger partial charge in [-0.25, -0.2) is 0 Å². The van der Waals surface area contributed by atoms with Gasteiger partial charge in [0.15, 0.2) is 0 Å². The van der Waals surface area contributed by atoms with Crippen molar-refractivity contribution in [1.29, 1.82) is 0 Å². The molecule has 0 saturated carbocycles. The van der Waals surface area contributed by atoms with Crippen molar-refractivity contribution >= 4 is 17.5 Å². The third kappa shape index (κ3) is 4.81. The van der Waals surface area contributed by atoms with Gasteiger partial charge in [0.2, 0.25) is 0 Å². The summed E-state index contributed by atoms with van der Waals surface area (Å²) in [5, 5.41) is 3.22. The summed E-state index contributed by atoms with van der Waals surface area (Å²) in [6, 6.07) is 16.4. The Labute approximate surface area is 168 Å². The van der Waals surface area contributed by atoms with Gasteiger partial charge in [-0.1, -0.05) is 35.9 Å². The third-order valence-corrected chi connectivity index (χ3v) is 4.72. The first kappa shape index (κ1) is 19.7. The van der Waals surface area contributed by atoms with Crippen molar-refractivity contribution in [1.82, 2.24) is 10.3 Å². The number of aromatic amines is 1. The summed E-state index contributed by atoms with van der Waals surface area (Å²) in [6.45, 7) is 4.13. The second kappa shape index (κ2) is 8.76. The van der Waals surface area contributed by atoms with Crippen LogP contribution in [-0.2, 0) is 13.2 Å². The summed E-state index contributed by atoms with van der Waals surface area (Å²) in [5.74, 6) is 0.455. The van der Waals surface area contributed by atoms with Crippen LogP contribution in [0, 0.1) is 13.8 Å². The minimum atomic E-state index is -0.295. The average Bonchev–Trinajstić information content (AvgIpc) is 2.66. The maximum Gasteiger partial charge on any atom is 0.253 e. The number of ether oxygens (including phenoxy) is 1. The number of hydrogen-bond acceptors (Lipinski definition) is 3. The summed E-state index contributed by atoms with van der Waals surface area (Å²) in [4.78, 5) is 27.2. The van der Waals surface area contributed by atoms with Gasteiger partial charge in [0.25, 0.3) is 11.5 Å². The van der Waals surface area contributed by atoms with E-state index in [2.05, 4.69) is 10.3 Å². The molecule has 2 aromatic carbocycles. The Kier molecular flexibility index (Phi) is 6.16. The molecule has 1 amide bonds. The molecule has 3 rings (SSSR count). The number of amides is 1. The Balaban J connectivity index is 1.64. The Morgan fingerprint density at radius 2 is 1.86 bits per heavy atom. The van der Waals surface area contributed by atoms with Crippen LogP contribution < -0.4 is 15.6 Å². The maximum atomic E-state index is 12.4. The zero-order valence-electron chi connectivity index (χ0n) is 15.7. The van der Waals surface area contributed by atoms with Crippen LogP contribution in [0.15, 0.2) is 59.4 Å². The lowest BCUT2D eigenvalue weighted by Gasteiger charge is -2.11. The fourth-order valence-corrected chi connectivity index (χ4v) is 3.09. The van der Waals surface area contributed by atoms with Gasteiger partial charge in [-0.2, -0.15) is 0 Å². The van der Waals surface area contributed by atoms with E-state index in [1.165, 1.54) is 0 Å². The molecule has 0 aliphatic heterocycles. The number of rotatable bonds is 6. The summed E-state index contributed by atoms with van der Waals surface area (Å²) in [6.07, 6.45) is 0.